The SMILES string of the molecule is Cc1ccccc1-c1nc(C)c(CNC(=O)c2ccc(-n3cccc3)cc2)s1. The smallest absolute Gasteiger partial charge is 0.251 e. The van der Waals surface area contributed by atoms with Crippen LogP contribution in [0.4, 0.5) is 0 Å². The highest BCUT2D eigenvalue weighted by Gasteiger charge is 2.13. The lowest BCUT2D eigenvalue weighted by atomic mass is 10.1. The lowest BCUT2D eigenvalue weighted by molar-refractivity contribution is 0.0951. The monoisotopic (exact) mass is 387 g/mol. The molecule has 4 aromatic rings. The van der Waals surface area contributed by atoms with E-state index in [0.717, 1.165) is 26.8 Å². The molecule has 4 nitrogen and oxygen atoms in total. The van der Waals surface area contributed by atoms with Crippen molar-refractivity contribution < 1.29 is 4.79 Å². The molecule has 0 aliphatic rings. The number of amides is 1. The third-order valence-electron chi connectivity index (χ3n) is 4.71. The summed E-state index contributed by atoms with van der Waals surface area (Å²) in [5, 5.41) is 4.01. The summed E-state index contributed by atoms with van der Waals surface area (Å²) >= 11 is 1.64. The van der Waals surface area contributed by atoms with Gasteiger partial charge < -0.3 is 9.88 Å². The van der Waals surface area contributed by atoms with E-state index in [2.05, 4.69) is 24.4 Å². The van der Waals surface area contributed by atoms with Crippen LogP contribution in [0.2, 0.25) is 0 Å². The standard InChI is InChI=1S/C23H21N3OS/c1-16-7-3-4-8-20(16)23-25-17(2)21(28-23)15-24-22(27)18-9-11-19(12-10-18)26-13-5-6-14-26/h3-14H,15H2,1-2H3,(H,24,27). The van der Waals surface area contributed by atoms with Gasteiger partial charge in [-0.25, -0.2) is 4.98 Å². The summed E-state index contributed by atoms with van der Waals surface area (Å²) in [4.78, 5) is 18.3. The summed E-state index contributed by atoms with van der Waals surface area (Å²) < 4.78 is 2.01. The summed E-state index contributed by atoms with van der Waals surface area (Å²) in [6, 6.07) is 19.8. The molecule has 0 bridgehead atoms. The first-order valence-electron chi connectivity index (χ1n) is 9.16. The van der Waals surface area contributed by atoms with Gasteiger partial charge in [-0.15, -0.1) is 11.3 Å². The molecule has 0 saturated carbocycles. The Balaban J connectivity index is 1.44. The van der Waals surface area contributed by atoms with E-state index in [1.54, 1.807) is 11.3 Å². The average Bonchev–Trinajstić information content (AvgIpc) is 3.37. The zero-order valence-electron chi connectivity index (χ0n) is 15.8. The van der Waals surface area contributed by atoms with Crippen molar-refractivity contribution in [1.29, 1.82) is 0 Å². The van der Waals surface area contributed by atoms with E-state index in [1.165, 1.54) is 5.56 Å². The van der Waals surface area contributed by atoms with Crippen LogP contribution in [0.1, 0.15) is 26.5 Å². The maximum absolute atomic E-state index is 12.5. The molecule has 0 aliphatic carbocycles. The number of carbonyl (C=O) groups excluding carboxylic acids is 1. The van der Waals surface area contributed by atoms with Crippen LogP contribution in [0.25, 0.3) is 16.3 Å². The van der Waals surface area contributed by atoms with Gasteiger partial charge in [0.2, 0.25) is 0 Å². The van der Waals surface area contributed by atoms with Gasteiger partial charge in [0.25, 0.3) is 5.91 Å². The molecule has 0 atom stereocenters. The van der Waals surface area contributed by atoms with Crippen LogP contribution >= 0.6 is 11.3 Å². The van der Waals surface area contributed by atoms with Gasteiger partial charge in [-0.05, 0) is 55.8 Å². The second-order valence-electron chi connectivity index (χ2n) is 6.66. The Kier molecular flexibility index (Phi) is 5.08. The molecule has 1 amide bonds. The molecule has 5 heteroatoms. The van der Waals surface area contributed by atoms with Gasteiger partial charge in [-0.2, -0.15) is 0 Å². The Bertz CT molecular complexity index is 1100. The molecule has 0 fully saturated rings. The fourth-order valence-corrected chi connectivity index (χ4v) is 4.17. The van der Waals surface area contributed by atoms with Crippen molar-refractivity contribution in [2.45, 2.75) is 20.4 Å². The largest absolute Gasteiger partial charge is 0.347 e. The average molecular weight is 388 g/mol. The number of carbonyl (C=O) groups is 1. The van der Waals surface area contributed by atoms with E-state index in [4.69, 9.17) is 4.98 Å². The molecule has 1 N–H and O–H groups in total. The fourth-order valence-electron chi connectivity index (χ4n) is 3.07. The molecule has 4 rings (SSSR count). The van der Waals surface area contributed by atoms with E-state index < -0.39 is 0 Å². The van der Waals surface area contributed by atoms with Gasteiger partial charge >= 0.3 is 0 Å². The zero-order chi connectivity index (χ0) is 19.5. The second-order valence-corrected chi connectivity index (χ2v) is 7.75. The van der Waals surface area contributed by atoms with E-state index in [0.29, 0.717) is 12.1 Å². The maximum Gasteiger partial charge on any atom is 0.251 e. The molecule has 2 heterocycles. The van der Waals surface area contributed by atoms with Crippen LogP contribution < -0.4 is 5.32 Å². The number of benzene rings is 2. The van der Waals surface area contributed by atoms with E-state index in [-0.39, 0.29) is 5.91 Å². The van der Waals surface area contributed by atoms with Crippen LogP contribution in [0.15, 0.2) is 73.1 Å². The van der Waals surface area contributed by atoms with Crippen LogP contribution in [0.3, 0.4) is 0 Å². The first-order chi connectivity index (χ1) is 13.6. The highest BCUT2D eigenvalue weighted by Crippen LogP contribution is 2.30. The van der Waals surface area contributed by atoms with Gasteiger partial charge in [0.15, 0.2) is 0 Å². The predicted octanol–water partition coefficient (Wildman–Crippen LogP) is 5.15. The van der Waals surface area contributed by atoms with Crippen LogP contribution in [0.5, 0.6) is 0 Å². The minimum Gasteiger partial charge on any atom is -0.347 e. The lowest BCUT2D eigenvalue weighted by Crippen LogP contribution is -2.22. The van der Waals surface area contributed by atoms with Gasteiger partial charge in [-0.3, -0.25) is 4.79 Å². The molecule has 0 radical (unpaired) electrons. The summed E-state index contributed by atoms with van der Waals surface area (Å²) in [5.74, 6) is -0.0794. The molecule has 2 aromatic carbocycles. The minimum atomic E-state index is -0.0794. The summed E-state index contributed by atoms with van der Waals surface area (Å²) in [7, 11) is 0. The summed E-state index contributed by atoms with van der Waals surface area (Å²) in [6.45, 7) is 4.56. The predicted molar refractivity (Wildman–Crippen MR) is 114 cm³/mol. The quantitative estimate of drug-likeness (QED) is 0.515. The van der Waals surface area contributed by atoms with E-state index >= 15 is 0 Å². The van der Waals surface area contributed by atoms with Crippen LogP contribution in [-0.4, -0.2) is 15.5 Å². The molecule has 2 aromatic heterocycles. The molecule has 0 spiro atoms. The minimum absolute atomic E-state index is 0.0794. The van der Waals surface area contributed by atoms with Gasteiger partial charge in [-0.1, -0.05) is 24.3 Å². The fraction of sp³-hybridized carbons (Fsp3) is 0.130. The Hall–Kier alpha value is -3.18. The Morgan fingerprint density at radius 2 is 1.71 bits per heavy atom. The Morgan fingerprint density at radius 1 is 1.00 bits per heavy atom. The lowest BCUT2D eigenvalue weighted by Gasteiger charge is -2.06. The third-order valence-corrected chi connectivity index (χ3v) is 5.90. The van der Waals surface area contributed by atoms with Gasteiger partial charge in [0.05, 0.1) is 12.2 Å². The molecule has 0 saturated heterocycles. The number of hydrogen-bond donors (Lipinski definition) is 1. The number of nitrogens with zero attached hydrogens (tertiary/aromatic N) is 2. The molecular weight excluding hydrogens is 366 g/mol. The van der Waals surface area contributed by atoms with Crippen molar-refractivity contribution in [2.24, 2.45) is 0 Å². The third kappa shape index (κ3) is 3.75. The second kappa shape index (κ2) is 7.82. The maximum atomic E-state index is 12.5. The Labute approximate surface area is 168 Å². The van der Waals surface area contributed by atoms with E-state index in [1.807, 2.05) is 72.4 Å². The number of hydrogen-bond acceptors (Lipinski definition) is 3. The van der Waals surface area contributed by atoms with Crippen molar-refractivity contribution in [3.8, 4) is 16.3 Å². The topological polar surface area (TPSA) is 46.9 Å². The van der Waals surface area contributed by atoms with Crippen molar-refractivity contribution in [2.75, 3.05) is 0 Å². The van der Waals surface area contributed by atoms with Crippen molar-refractivity contribution in [3.63, 3.8) is 0 Å². The highest BCUT2D eigenvalue weighted by atomic mass is 32.1. The molecular formula is C23H21N3OS. The van der Waals surface area contributed by atoms with Gasteiger partial charge in [0.1, 0.15) is 5.01 Å². The number of nitrogens with one attached hydrogen (secondary N) is 1. The first kappa shape index (κ1) is 18.2. The van der Waals surface area contributed by atoms with Crippen molar-refractivity contribution in [1.82, 2.24) is 14.9 Å². The normalized spacial score (nSPS) is 10.8. The van der Waals surface area contributed by atoms with Crippen molar-refractivity contribution in [3.05, 3.63) is 94.8 Å². The molecule has 140 valence electrons. The zero-order valence-corrected chi connectivity index (χ0v) is 16.7. The molecule has 28 heavy (non-hydrogen) atoms. The summed E-state index contributed by atoms with van der Waals surface area (Å²) in [6.07, 6.45) is 3.96. The molecule has 0 aliphatic heterocycles. The van der Waals surface area contributed by atoms with Crippen LogP contribution in [-0.2, 0) is 6.54 Å². The Morgan fingerprint density at radius 3 is 2.43 bits per heavy atom. The number of thiazole rings is 1. The summed E-state index contributed by atoms with van der Waals surface area (Å²) in [5.41, 5.74) is 5.00. The highest BCUT2D eigenvalue weighted by molar-refractivity contribution is 7.15. The first-order valence-corrected chi connectivity index (χ1v) is 9.97. The number of aromatic nitrogens is 2. The van der Waals surface area contributed by atoms with Crippen molar-refractivity contribution >= 4 is 17.2 Å². The number of aryl methyl sites for hydroxylation is 2. The van der Waals surface area contributed by atoms with Gasteiger partial charge in [0, 0.05) is 34.1 Å². The van der Waals surface area contributed by atoms with Crippen LogP contribution in [0, 0.1) is 13.8 Å². The molecule has 0 unspecified atom stereocenters. The number of rotatable bonds is 5. The van der Waals surface area contributed by atoms with E-state index in [9.17, 15) is 4.79 Å².